The van der Waals surface area contributed by atoms with Crippen LogP contribution in [0.3, 0.4) is 0 Å². The van der Waals surface area contributed by atoms with Gasteiger partial charge in [-0.05, 0) is 24.1 Å². The molecule has 1 aromatic carbocycles. The highest BCUT2D eigenvalue weighted by molar-refractivity contribution is 9.10. The first kappa shape index (κ1) is 11.3. The van der Waals surface area contributed by atoms with Gasteiger partial charge in [-0.1, -0.05) is 28.1 Å². The Labute approximate surface area is 88.6 Å². The van der Waals surface area contributed by atoms with Gasteiger partial charge in [0.25, 0.3) is 0 Å². The molecule has 0 spiro atoms. The summed E-state index contributed by atoms with van der Waals surface area (Å²) in [4.78, 5) is 0. The van der Waals surface area contributed by atoms with Crippen molar-refractivity contribution in [3.63, 3.8) is 0 Å². The molecule has 0 N–H and O–H groups in total. The first-order valence-electron chi connectivity index (χ1n) is 3.91. The smallest absolute Gasteiger partial charge is 0.166 e. The Morgan fingerprint density at radius 2 is 2.00 bits per heavy atom. The zero-order chi connectivity index (χ0) is 10.8. The molecule has 0 unspecified atom stereocenters. The Hall–Kier alpha value is -0.770. The largest absolute Gasteiger partial charge is 0.417 e. The van der Waals surface area contributed by atoms with Gasteiger partial charge < -0.3 is 0 Å². The summed E-state index contributed by atoms with van der Waals surface area (Å²) in [6.07, 6.45) is -2.30. The molecular weight excluding hydrogens is 257 g/mol. The monoisotopic (exact) mass is 264 g/mol. The van der Waals surface area contributed by atoms with Gasteiger partial charge in [-0.2, -0.15) is 13.2 Å². The highest BCUT2D eigenvalue weighted by atomic mass is 79.9. The van der Waals surface area contributed by atoms with Crippen molar-refractivity contribution in [1.82, 2.24) is 0 Å². The average molecular weight is 265 g/mol. The lowest BCUT2D eigenvalue weighted by Gasteiger charge is -2.10. The van der Waals surface area contributed by atoms with Crippen LogP contribution in [0.1, 0.15) is 11.1 Å². The zero-order valence-corrected chi connectivity index (χ0v) is 8.82. The average Bonchev–Trinajstić information content (AvgIpc) is 2.07. The number of halogens is 4. The lowest BCUT2D eigenvalue weighted by atomic mass is 10.1. The number of alkyl halides is 3. The van der Waals surface area contributed by atoms with Crippen molar-refractivity contribution in [3.05, 3.63) is 46.5 Å². The predicted molar refractivity (Wildman–Crippen MR) is 53.0 cm³/mol. The van der Waals surface area contributed by atoms with E-state index in [1.165, 1.54) is 6.07 Å². The second-order valence-electron chi connectivity index (χ2n) is 2.80. The highest BCUT2D eigenvalue weighted by Gasteiger charge is 2.32. The van der Waals surface area contributed by atoms with Crippen LogP contribution in [0, 0.1) is 0 Å². The molecule has 0 heterocycles. The molecule has 0 aromatic heterocycles. The van der Waals surface area contributed by atoms with E-state index in [2.05, 4.69) is 22.5 Å². The highest BCUT2D eigenvalue weighted by Crippen LogP contribution is 2.35. The molecule has 0 bridgehead atoms. The Bertz CT molecular complexity index is 342. The van der Waals surface area contributed by atoms with Crippen LogP contribution in [-0.2, 0) is 12.6 Å². The molecule has 0 saturated carbocycles. The van der Waals surface area contributed by atoms with E-state index in [9.17, 15) is 13.2 Å². The maximum absolute atomic E-state index is 12.4. The van der Waals surface area contributed by atoms with Crippen molar-refractivity contribution in [2.75, 3.05) is 0 Å². The molecule has 0 aliphatic carbocycles. The minimum Gasteiger partial charge on any atom is -0.166 e. The molecule has 0 nitrogen and oxygen atoms in total. The van der Waals surface area contributed by atoms with Crippen LogP contribution in [-0.4, -0.2) is 0 Å². The van der Waals surface area contributed by atoms with Gasteiger partial charge in [0.2, 0.25) is 0 Å². The van der Waals surface area contributed by atoms with E-state index < -0.39 is 11.7 Å². The number of allylic oxidation sites excluding steroid dienone is 1. The standard InChI is InChI=1S/C10H8BrF3/c1-2-3-7-4-5-9(11)8(6-7)10(12,13)14/h2,4-6H,1,3H2. The van der Waals surface area contributed by atoms with E-state index in [0.717, 1.165) is 6.07 Å². The molecule has 0 radical (unpaired) electrons. The van der Waals surface area contributed by atoms with E-state index in [1.54, 1.807) is 12.1 Å². The van der Waals surface area contributed by atoms with Gasteiger partial charge in [-0.3, -0.25) is 0 Å². The van der Waals surface area contributed by atoms with E-state index in [1.807, 2.05) is 0 Å². The summed E-state index contributed by atoms with van der Waals surface area (Å²) in [5.74, 6) is 0. The maximum atomic E-state index is 12.4. The lowest BCUT2D eigenvalue weighted by molar-refractivity contribution is -0.138. The number of benzene rings is 1. The minimum absolute atomic E-state index is 0.0674. The summed E-state index contributed by atoms with van der Waals surface area (Å²) in [6.45, 7) is 3.48. The summed E-state index contributed by atoms with van der Waals surface area (Å²) in [5, 5.41) is 0. The van der Waals surface area contributed by atoms with Crippen LogP contribution in [0.5, 0.6) is 0 Å². The molecule has 4 heteroatoms. The van der Waals surface area contributed by atoms with Crippen molar-refractivity contribution in [3.8, 4) is 0 Å². The Morgan fingerprint density at radius 3 is 2.50 bits per heavy atom. The van der Waals surface area contributed by atoms with Crippen LogP contribution in [0.25, 0.3) is 0 Å². The van der Waals surface area contributed by atoms with Crippen molar-refractivity contribution < 1.29 is 13.2 Å². The summed E-state index contributed by atoms with van der Waals surface area (Å²) in [6, 6.07) is 4.18. The lowest BCUT2D eigenvalue weighted by Crippen LogP contribution is -2.06. The molecule has 76 valence electrons. The van der Waals surface area contributed by atoms with Gasteiger partial charge in [0.1, 0.15) is 0 Å². The minimum atomic E-state index is -4.31. The van der Waals surface area contributed by atoms with Crippen molar-refractivity contribution in [2.24, 2.45) is 0 Å². The second-order valence-corrected chi connectivity index (χ2v) is 3.66. The van der Waals surface area contributed by atoms with Gasteiger partial charge in [-0.15, -0.1) is 6.58 Å². The summed E-state index contributed by atoms with van der Waals surface area (Å²) < 4.78 is 37.3. The predicted octanol–water partition coefficient (Wildman–Crippen LogP) is 4.20. The van der Waals surface area contributed by atoms with Gasteiger partial charge >= 0.3 is 6.18 Å². The van der Waals surface area contributed by atoms with Crippen LogP contribution in [0.2, 0.25) is 0 Å². The normalized spacial score (nSPS) is 11.4. The topological polar surface area (TPSA) is 0 Å². The van der Waals surface area contributed by atoms with Crippen LogP contribution >= 0.6 is 15.9 Å². The first-order chi connectivity index (χ1) is 6.45. The summed E-state index contributed by atoms with van der Waals surface area (Å²) in [7, 11) is 0. The third-order valence-electron chi connectivity index (χ3n) is 1.72. The maximum Gasteiger partial charge on any atom is 0.417 e. The summed E-state index contributed by atoms with van der Waals surface area (Å²) in [5.41, 5.74) is -0.0348. The molecule has 0 atom stereocenters. The van der Waals surface area contributed by atoms with Gasteiger partial charge in [0, 0.05) is 4.47 Å². The van der Waals surface area contributed by atoms with Crippen molar-refractivity contribution >= 4 is 15.9 Å². The third kappa shape index (κ3) is 2.61. The molecule has 0 aliphatic rings. The van der Waals surface area contributed by atoms with Crippen LogP contribution < -0.4 is 0 Å². The van der Waals surface area contributed by atoms with Gasteiger partial charge in [0.05, 0.1) is 5.56 Å². The Morgan fingerprint density at radius 1 is 1.36 bits per heavy atom. The van der Waals surface area contributed by atoms with E-state index in [4.69, 9.17) is 0 Å². The fraction of sp³-hybridized carbons (Fsp3) is 0.200. The van der Waals surface area contributed by atoms with Gasteiger partial charge in [0.15, 0.2) is 0 Å². The third-order valence-corrected chi connectivity index (χ3v) is 2.41. The van der Waals surface area contributed by atoms with Crippen LogP contribution in [0.4, 0.5) is 13.2 Å². The van der Waals surface area contributed by atoms with Crippen molar-refractivity contribution in [2.45, 2.75) is 12.6 Å². The molecule has 14 heavy (non-hydrogen) atoms. The fourth-order valence-corrected chi connectivity index (χ4v) is 1.55. The molecule has 0 saturated heterocycles. The number of hydrogen-bond donors (Lipinski definition) is 0. The quantitative estimate of drug-likeness (QED) is 0.703. The molecule has 1 aromatic rings. The molecule has 0 aliphatic heterocycles. The molecule has 0 fully saturated rings. The van der Waals surface area contributed by atoms with E-state index in [0.29, 0.717) is 12.0 Å². The summed E-state index contributed by atoms with van der Waals surface area (Å²) >= 11 is 2.87. The number of hydrogen-bond acceptors (Lipinski definition) is 0. The second kappa shape index (κ2) is 4.17. The van der Waals surface area contributed by atoms with Crippen molar-refractivity contribution in [1.29, 1.82) is 0 Å². The Balaban J connectivity index is 3.15. The zero-order valence-electron chi connectivity index (χ0n) is 7.24. The Kier molecular flexibility index (Phi) is 3.37. The van der Waals surface area contributed by atoms with E-state index >= 15 is 0 Å². The molecule has 0 amide bonds. The fourth-order valence-electron chi connectivity index (χ4n) is 1.08. The molecular formula is C10H8BrF3. The molecule has 1 rings (SSSR count). The van der Waals surface area contributed by atoms with E-state index in [-0.39, 0.29) is 4.47 Å². The van der Waals surface area contributed by atoms with Crippen LogP contribution in [0.15, 0.2) is 35.3 Å². The van der Waals surface area contributed by atoms with Gasteiger partial charge in [-0.25, -0.2) is 0 Å². The first-order valence-corrected chi connectivity index (χ1v) is 4.71. The SMILES string of the molecule is C=CCc1ccc(Br)c(C(F)(F)F)c1. The number of rotatable bonds is 2.